The van der Waals surface area contributed by atoms with Crippen LogP contribution in [0.25, 0.3) is 0 Å². The fourth-order valence-electron chi connectivity index (χ4n) is 3.10. The van der Waals surface area contributed by atoms with E-state index in [1.807, 2.05) is 6.07 Å². The third-order valence-corrected chi connectivity index (χ3v) is 3.99. The van der Waals surface area contributed by atoms with E-state index < -0.39 is 0 Å². The minimum absolute atomic E-state index is 0.206. The number of hydrogen-bond acceptors (Lipinski definition) is 2. The molecule has 17 heavy (non-hydrogen) atoms. The molecule has 1 aromatic carbocycles. The molecule has 0 bridgehead atoms. The van der Waals surface area contributed by atoms with E-state index in [1.54, 1.807) is 7.11 Å². The van der Waals surface area contributed by atoms with E-state index in [-0.39, 0.29) is 5.91 Å². The van der Waals surface area contributed by atoms with Crippen molar-refractivity contribution in [2.24, 2.45) is 0 Å². The number of carbonyl (C=O) groups excluding carboxylic acids is 1. The Hall–Kier alpha value is -1.51. The normalized spacial score (nSPS) is 26.8. The number of carbonyl (C=O) groups is 1. The molecule has 3 rings (SSSR count). The van der Waals surface area contributed by atoms with Crippen LogP contribution in [0.1, 0.15) is 36.3 Å². The van der Waals surface area contributed by atoms with Crippen LogP contribution in [-0.4, -0.2) is 19.1 Å². The smallest absolute Gasteiger partial charge is 0.220 e. The highest BCUT2D eigenvalue weighted by molar-refractivity contribution is 5.77. The number of hydrogen-bond donors (Lipinski definition) is 1. The van der Waals surface area contributed by atoms with Crippen molar-refractivity contribution in [2.75, 3.05) is 7.11 Å². The summed E-state index contributed by atoms with van der Waals surface area (Å²) in [7, 11) is 1.70. The number of piperidine rings is 1. The van der Waals surface area contributed by atoms with Crippen LogP contribution in [0.2, 0.25) is 0 Å². The van der Waals surface area contributed by atoms with Crippen LogP contribution in [0.15, 0.2) is 18.2 Å². The van der Waals surface area contributed by atoms with Gasteiger partial charge in [0.15, 0.2) is 0 Å². The summed E-state index contributed by atoms with van der Waals surface area (Å²) >= 11 is 0. The second-order valence-electron chi connectivity index (χ2n) is 4.92. The third-order valence-electron chi connectivity index (χ3n) is 3.99. The standard InChI is InChI=1S/C14H17NO2/c1-17-10-4-2-9-3-6-13-11(12(9)8-10)5-7-14(16)15-13/h2,4,8,11,13H,3,5-7H2,1H3,(H,15,16)/t11-,13+/m0/s1. The van der Waals surface area contributed by atoms with E-state index >= 15 is 0 Å². The minimum Gasteiger partial charge on any atom is -0.497 e. The van der Waals surface area contributed by atoms with Gasteiger partial charge in [-0.05, 0) is 42.5 Å². The average Bonchev–Trinajstić information content (AvgIpc) is 2.37. The Kier molecular flexibility index (Phi) is 2.54. The van der Waals surface area contributed by atoms with Gasteiger partial charge in [0.05, 0.1) is 7.11 Å². The van der Waals surface area contributed by atoms with Gasteiger partial charge in [0.1, 0.15) is 5.75 Å². The summed E-state index contributed by atoms with van der Waals surface area (Å²) in [6.45, 7) is 0. The molecule has 90 valence electrons. The van der Waals surface area contributed by atoms with Gasteiger partial charge >= 0.3 is 0 Å². The van der Waals surface area contributed by atoms with Crippen molar-refractivity contribution >= 4 is 5.91 Å². The van der Waals surface area contributed by atoms with Gasteiger partial charge in [-0.3, -0.25) is 4.79 Å². The molecule has 3 heteroatoms. The Bertz CT molecular complexity index is 456. The predicted octanol–water partition coefficient (Wildman–Crippen LogP) is 2.00. The van der Waals surface area contributed by atoms with E-state index in [0.29, 0.717) is 18.4 Å². The van der Waals surface area contributed by atoms with E-state index in [2.05, 4.69) is 17.4 Å². The molecule has 0 saturated carbocycles. The lowest BCUT2D eigenvalue weighted by Gasteiger charge is -2.37. The van der Waals surface area contributed by atoms with Crippen LogP contribution in [0.5, 0.6) is 5.75 Å². The summed E-state index contributed by atoms with van der Waals surface area (Å²) in [5.41, 5.74) is 2.80. The number of benzene rings is 1. The molecule has 1 heterocycles. The van der Waals surface area contributed by atoms with Gasteiger partial charge in [-0.2, -0.15) is 0 Å². The van der Waals surface area contributed by atoms with E-state index in [0.717, 1.165) is 25.0 Å². The molecule has 2 atom stereocenters. The van der Waals surface area contributed by atoms with Gasteiger partial charge in [0, 0.05) is 18.4 Å². The van der Waals surface area contributed by atoms with Gasteiger partial charge in [-0.25, -0.2) is 0 Å². The number of rotatable bonds is 1. The lowest BCUT2D eigenvalue weighted by atomic mass is 9.75. The molecule has 1 aliphatic heterocycles. The maximum atomic E-state index is 11.4. The van der Waals surface area contributed by atoms with Crippen LogP contribution in [0.4, 0.5) is 0 Å². The second-order valence-corrected chi connectivity index (χ2v) is 4.92. The Morgan fingerprint density at radius 3 is 3.00 bits per heavy atom. The summed E-state index contributed by atoms with van der Waals surface area (Å²) in [4.78, 5) is 11.4. The highest BCUT2D eigenvalue weighted by Crippen LogP contribution is 2.38. The Labute approximate surface area is 101 Å². The Morgan fingerprint density at radius 2 is 2.18 bits per heavy atom. The lowest BCUT2D eigenvalue weighted by Crippen LogP contribution is -2.45. The number of nitrogens with one attached hydrogen (secondary N) is 1. The van der Waals surface area contributed by atoms with E-state index in [1.165, 1.54) is 11.1 Å². The molecule has 1 N–H and O–H groups in total. The molecule has 0 unspecified atom stereocenters. The summed E-state index contributed by atoms with van der Waals surface area (Å²) in [6, 6.07) is 6.67. The van der Waals surface area contributed by atoms with Crippen molar-refractivity contribution < 1.29 is 9.53 Å². The fourth-order valence-corrected chi connectivity index (χ4v) is 3.10. The van der Waals surface area contributed by atoms with Crippen molar-refractivity contribution in [3.8, 4) is 5.75 Å². The zero-order valence-electron chi connectivity index (χ0n) is 10.0. The third kappa shape index (κ3) is 1.79. The number of methoxy groups -OCH3 is 1. The van der Waals surface area contributed by atoms with Crippen LogP contribution in [0.3, 0.4) is 0 Å². The van der Waals surface area contributed by atoms with Crippen LogP contribution in [0, 0.1) is 0 Å². The van der Waals surface area contributed by atoms with Crippen LogP contribution in [-0.2, 0) is 11.2 Å². The van der Waals surface area contributed by atoms with Crippen molar-refractivity contribution in [1.82, 2.24) is 5.32 Å². The monoisotopic (exact) mass is 231 g/mol. The molecule has 1 aromatic rings. The lowest BCUT2D eigenvalue weighted by molar-refractivity contribution is -0.123. The first-order valence-corrected chi connectivity index (χ1v) is 6.24. The predicted molar refractivity (Wildman–Crippen MR) is 65.2 cm³/mol. The highest BCUT2D eigenvalue weighted by atomic mass is 16.5. The van der Waals surface area contributed by atoms with Crippen molar-refractivity contribution in [1.29, 1.82) is 0 Å². The first-order chi connectivity index (χ1) is 8.28. The van der Waals surface area contributed by atoms with Crippen molar-refractivity contribution in [3.63, 3.8) is 0 Å². The van der Waals surface area contributed by atoms with E-state index in [9.17, 15) is 4.79 Å². The molecule has 3 nitrogen and oxygen atoms in total. The highest BCUT2D eigenvalue weighted by Gasteiger charge is 2.34. The molecule has 0 spiro atoms. The molecule has 2 aliphatic rings. The topological polar surface area (TPSA) is 38.3 Å². The largest absolute Gasteiger partial charge is 0.497 e. The second kappa shape index (κ2) is 4.06. The number of ether oxygens (including phenoxy) is 1. The maximum absolute atomic E-state index is 11.4. The molecular weight excluding hydrogens is 214 g/mol. The molecule has 1 amide bonds. The number of amides is 1. The summed E-state index contributed by atoms with van der Waals surface area (Å²) in [5, 5.41) is 3.12. The molecule has 0 radical (unpaired) electrons. The summed E-state index contributed by atoms with van der Waals surface area (Å²) in [6.07, 6.45) is 3.74. The van der Waals surface area contributed by atoms with Gasteiger partial charge in [0.25, 0.3) is 0 Å². The summed E-state index contributed by atoms with van der Waals surface area (Å²) in [5.74, 6) is 1.60. The quantitative estimate of drug-likeness (QED) is 0.803. The Balaban J connectivity index is 1.97. The molecule has 0 aromatic heterocycles. The van der Waals surface area contributed by atoms with Gasteiger partial charge < -0.3 is 10.1 Å². The number of fused-ring (bicyclic) bond motifs is 3. The molecule has 1 saturated heterocycles. The SMILES string of the molecule is COc1ccc2c(c1)[C@@H]1CCC(=O)N[C@@H]1CC2. The minimum atomic E-state index is 0.206. The number of aryl methyl sites for hydroxylation is 1. The molecular formula is C14H17NO2. The van der Waals surface area contributed by atoms with Gasteiger partial charge in [-0.15, -0.1) is 0 Å². The zero-order valence-corrected chi connectivity index (χ0v) is 10.0. The van der Waals surface area contributed by atoms with Crippen LogP contribution < -0.4 is 10.1 Å². The molecule has 1 fully saturated rings. The summed E-state index contributed by atoms with van der Waals surface area (Å²) < 4.78 is 5.29. The maximum Gasteiger partial charge on any atom is 0.220 e. The fraction of sp³-hybridized carbons (Fsp3) is 0.500. The average molecular weight is 231 g/mol. The van der Waals surface area contributed by atoms with Crippen molar-refractivity contribution in [3.05, 3.63) is 29.3 Å². The zero-order chi connectivity index (χ0) is 11.8. The van der Waals surface area contributed by atoms with E-state index in [4.69, 9.17) is 4.74 Å². The van der Waals surface area contributed by atoms with Crippen molar-refractivity contribution in [2.45, 2.75) is 37.6 Å². The van der Waals surface area contributed by atoms with Gasteiger partial charge in [-0.1, -0.05) is 6.07 Å². The van der Waals surface area contributed by atoms with Crippen LogP contribution >= 0.6 is 0 Å². The van der Waals surface area contributed by atoms with Gasteiger partial charge in [0.2, 0.25) is 5.91 Å². The first-order valence-electron chi connectivity index (χ1n) is 6.24. The molecule has 1 aliphatic carbocycles. The Morgan fingerprint density at radius 1 is 1.29 bits per heavy atom. The first kappa shape index (κ1) is 10.6.